The Bertz CT molecular complexity index is 877. The van der Waals surface area contributed by atoms with Crippen LogP contribution in [0.15, 0.2) is 24.3 Å². The van der Waals surface area contributed by atoms with Crippen LogP contribution in [-0.4, -0.2) is 84.3 Å². The number of carbonyl (C=O) groups excluding carboxylic acids is 3. The number of likely N-dealkylation sites (tertiary alicyclic amines) is 1. The molecule has 1 aliphatic heterocycles. The summed E-state index contributed by atoms with van der Waals surface area (Å²) in [5.74, 6) is 0.301. The van der Waals surface area contributed by atoms with Gasteiger partial charge in [-0.2, -0.15) is 0 Å². The number of halogens is 1. The summed E-state index contributed by atoms with van der Waals surface area (Å²) in [7, 11) is 3.84. The van der Waals surface area contributed by atoms with Crippen LogP contribution < -0.4 is 5.32 Å². The van der Waals surface area contributed by atoms with Gasteiger partial charge in [-0.3, -0.25) is 14.4 Å². The number of hydrogen-bond donors (Lipinski definition) is 1. The first-order chi connectivity index (χ1) is 17.1. The number of benzene rings is 1. The van der Waals surface area contributed by atoms with E-state index in [0.29, 0.717) is 49.8 Å². The molecule has 1 saturated carbocycles. The van der Waals surface area contributed by atoms with Crippen LogP contribution in [0.4, 0.5) is 0 Å². The average molecular weight is 519 g/mol. The lowest BCUT2D eigenvalue weighted by atomic mass is 9.90. The second-order valence-corrected chi connectivity index (χ2v) is 11.5. The Kier molecular flexibility index (Phi) is 10.6. The van der Waals surface area contributed by atoms with Gasteiger partial charge in [-0.25, -0.2) is 0 Å². The fraction of sp³-hybridized carbons (Fsp3) is 0.679. The van der Waals surface area contributed by atoms with Crippen LogP contribution in [0.5, 0.6) is 0 Å². The highest BCUT2D eigenvalue weighted by Gasteiger charge is 2.42. The summed E-state index contributed by atoms with van der Waals surface area (Å²) in [5.41, 5.74) is 0.943. The lowest BCUT2D eigenvalue weighted by Gasteiger charge is -2.50. The van der Waals surface area contributed by atoms with Crippen LogP contribution >= 0.6 is 11.6 Å². The van der Waals surface area contributed by atoms with Crippen molar-refractivity contribution in [1.29, 1.82) is 0 Å². The van der Waals surface area contributed by atoms with Crippen LogP contribution in [-0.2, 0) is 20.8 Å². The van der Waals surface area contributed by atoms with Gasteiger partial charge in [0.25, 0.3) is 0 Å². The van der Waals surface area contributed by atoms with Crippen molar-refractivity contribution in [3.63, 3.8) is 0 Å². The molecule has 3 rings (SSSR count). The first-order valence-electron chi connectivity index (χ1n) is 13.4. The third kappa shape index (κ3) is 8.20. The molecule has 1 aromatic carbocycles. The van der Waals surface area contributed by atoms with E-state index in [2.05, 4.69) is 24.1 Å². The van der Waals surface area contributed by atoms with E-state index in [1.165, 1.54) is 6.42 Å². The van der Waals surface area contributed by atoms with Crippen LogP contribution in [0.3, 0.4) is 0 Å². The van der Waals surface area contributed by atoms with E-state index in [1.54, 1.807) is 17.0 Å². The summed E-state index contributed by atoms with van der Waals surface area (Å²) >= 11 is 6.03. The van der Waals surface area contributed by atoms with Gasteiger partial charge in [0.15, 0.2) is 0 Å². The molecule has 3 amide bonds. The topological polar surface area (TPSA) is 73.0 Å². The average Bonchev–Trinajstić information content (AvgIpc) is 2.80. The molecule has 1 N–H and O–H groups in total. The molecule has 0 aromatic heterocycles. The van der Waals surface area contributed by atoms with Crippen molar-refractivity contribution >= 4 is 29.3 Å². The maximum Gasteiger partial charge on any atom is 0.245 e. The Morgan fingerprint density at radius 3 is 2.25 bits per heavy atom. The number of carbonyl (C=O) groups is 3. The first-order valence-corrected chi connectivity index (χ1v) is 13.8. The largest absolute Gasteiger partial charge is 0.344 e. The fourth-order valence-corrected chi connectivity index (χ4v) is 5.32. The summed E-state index contributed by atoms with van der Waals surface area (Å²) in [6.45, 7) is 5.84. The van der Waals surface area contributed by atoms with Gasteiger partial charge >= 0.3 is 0 Å². The molecule has 0 bridgehead atoms. The molecule has 1 atom stereocenters. The number of amides is 3. The SMILES string of the molecule is CC(C)CC(=O)N(C1CCCCC1)C1CN(C(=O)C(Cc2ccc(Cl)cc2)NC(=O)CCN(C)C)C1. The van der Waals surface area contributed by atoms with Gasteiger partial charge in [-0.1, -0.05) is 56.8 Å². The molecular weight excluding hydrogens is 476 g/mol. The highest BCUT2D eigenvalue weighted by molar-refractivity contribution is 6.30. The molecular formula is C28H43ClN4O3. The molecule has 1 unspecified atom stereocenters. The van der Waals surface area contributed by atoms with E-state index in [-0.39, 0.29) is 29.8 Å². The second-order valence-electron chi connectivity index (χ2n) is 11.1. The van der Waals surface area contributed by atoms with E-state index in [1.807, 2.05) is 31.1 Å². The highest BCUT2D eigenvalue weighted by atomic mass is 35.5. The van der Waals surface area contributed by atoms with Crippen LogP contribution in [0.1, 0.15) is 64.4 Å². The molecule has 0 radical (unpaired) electrons. The molecule has 7 nitrogen and oxygen atoms in total. The van der Waals surface area contributed by atoms with Crippen molar-refractivity contribution in [2.24, 2.45) is 5.92 Å². The summed E-state index contributed by atoms with van der Waals surface area (Å²) in [6, 6.07) is 7.08. The summed E-state index contributed by atoms with van der Waals surface area (Å²) < 4.78 is 0. The third-order valence-electron chi connectivity index (χ3n) is 7.18. The number of nitrogens with one attached hydrogen (secondary N) is 1. The van der Waals surface area contributed by atoms with Gasteiger partial charge in [0.1, 0.15) is 6.04 Å². The Morgan fingerprint density at radius 1 is 1.03 bits per heavy atom. The maximum atomic E-state index is 13.5. The Balaban J connectivity index is 1.67. The maximum absolute atomic E-state index is 13.5. The smallest absolute Gasteiger partial charge is 0.245 e. The molecule has 2 aliphatic rings. The normalized spacial score (nSPS) is 17.7. The molecule has 8 heteroatoms. The van der Waals surface area contributed by atoms with Gasteiger partial charge in [0.2, 0.25) is 17.7 Å². The molecule has 1 heterocycles. The zero-order chi connectivity index (χ0) is 26.2. The quantitative estimate of drug-likeness (QED) is 0.484. The van der Waals surface area contributed by atoms with E-state index in [9.17, 15) is 14.4 Å². The van der Waals surface area contributed by atoms with E-state index >= 15 is 0 Å². The Labute approximate surface area is 221 Å². The lowest BCUT2D eigenvalue weighted by molar-refractivity contribution is -0.152. The monoisotopic (exact) mass is 518 g/mol. The van der Waals surface area contributed by atoms with Crippen molar-refractivity contribution in [3.8, 4) is 0 Å². The van der Waals surface area contributed by atoms with E-state index < -0.39 is 6.04 Å². The van der Waals surface area contributed by atoms with Gasteiger partial charge in [0.05, 0.1) is 6.04 Å². The van der Waals surface area contributed by atoms with Gasteiger partial charge in [-0.05, 0) is 50.6 Å². The number of hydrogen-bond acceptors (Lipinski definition) is 4. The predicted octanol–water partition coefficient (Wildman–Crippen LogP) is 3.74. The summed E-state index contributed by atoms with van der Waals surface area (Å²) in [6.07, 6.45) is 6.94. The van der Waals surface area contributed by atoms with Crippen molar-refractivity contribution in [2.75, 3.05) is 33.7 Å². The Morgan fingerprint density at radius 2 is 1.67 bits per heavy atom. The Hall–Kier alpha value is -2.12. The molecule has 1 aliphatic carbocycles. The van der Waals surface area contributed by atoms with Gasteiger partial charge in [0, 0.05) is 50.0 Å². The van der Waals surface area contributed by atoms with Crippen molar-refractivity contribution in [3.05, 3.63) is 34.9 Å². The summed E-state index contributed by atoms with van der Waals surface area (Å²) in [4.78, 5) is 45.2. The minimum absolute atomic E-state index is 0.0592. The highest BCUT2D eigenvalue weighted by Crippen LogP contribution is 2.29. The zero-order valence-corrected chi connectivity index (χ0v) is 23.1. The standard InChI is InChI=1S/C28H43ClN4O3/c1-20(2)16-27(35)33(23-8-6-5-7-9-23)24-18-32(19-24)28(36)25(30-26(34)14-15-31(3)4)17-21-10-12-22(29)13-11-21/h10-13,20,23-25H,5-9,14-19H2,1-4H3,(H,30,34). The number of rotatable bonds is 11. The minimum Gasteiger partial charge on any atom is -0.344 e. The lowest BCUT2D eigenvalue weighted by Crippen LogP contribution is -2.67. The molecule has 2 fully saturated rings. The van der Waals surface area contributed by atoms with Crippen molar-refractivity contribution < 1.29 is 14.4 Å². The van der Waals surface area contributed by atoms with Crippen molar-refractivity contribution in [1.82, 2.24) is 20.0 Å². The fourth-order valence-electron chi connectivity index (χ4n) is 5.20. The van der Waals surface area contributed by atoms with Crippen LogP contribution in [0.25, 0.3) is 0 Å². The molecule has 200 valence electrons. The minimum atomic E-state index is -0.642. The van der Waals surface area contributed by atoms with Gasteiger partial charge in [-0.15, -0.1) is 0 Å². The first kappa shape index (κ1) is 28.5. The van der Waals surface area contributed by atoms with Crippen molar-refractivity contribution in [2.45, 2.75) is 83.3 Å². The van der Waals surface area contributed by atoms with Crippen LogP contribution in [0.2, 0.25) is 5.02 Å². The predicted molar refractivity (Wildman–Crippen MR) is 144 cm³/mol. The molecule has 1 saturated heterocycles. The molecule has 36 heavy (non-hydrogen) atoms. The second kappa shape index (κ2) is 13.4. The van der Waals surface area contributed by atoms with E-state index in [0.717, 1.165) is 31.2 Å². The molecule has 0 spiro atoms. The number of nitrogens with zero attached hydrogens (tertiary/aromatic N) is 3. The third-order valence-corrected chi connectivity index (χ3v) is 7.43. The zero-order valence-electron chi connectivity index (χ0n) is 22.3. The summed E-state index contributed by atoms with van der Waals surface area (Å²) in [5, 5.41) is 3.61. The molecule has 1 aromatic rings. The van der Waals surface area contributed by atoms with E-state index in [4.69, 9.17) is 11.6 Å². The van der Waals surface area contributed by atoms with Gasteiger partial charge < -0.3 is 20.0 Å². The van der Waals surface area contributed by atoms with Crippen LogP contribution in [0, 0.1) is 5.92 Å².